The average molecular weight is 323 g/mol. The monoisotopic (exact) mass is 323 g/mol. The third-order valence-electron chi connectivity index (χ3n) is 3.33. The van der Waals surface area contributed by atoms with Gasteiger partial charge in [-0.25, -0.2) is 9.59 Å². The molecule has 0 aliphatic carbocycles. The van der Waals surface area contributed by atoms with E-state index in [-0.39, 0.29) is 0 Å². The van der Waals surface area contributed by atoms with Gasteiger partial charge in [-0.05, 0) is 71.2 Å². The van der Waals surface area contributed by atoms with Gasteiger partial charge in [0.15, 0.2) is 6.10 Å². The maximum Gasteiger partial charge on any atom is 0.412 e. The third kappa shape index (κ3) is 5.16. The van der Waals surface area contributed by atoms with Crippen LogP contribution >= 0.6 is 0 Å². The zero-order chi connectivity index (χ0) is 17.9. The van der Waals surface area contributed by atoms with E-state index < -0.39 is 23.8 Å². The summed E-state index contributed by atoms with van der Waals surface area (Å²) in [5, 5.41) is 11.7. The number of benzene rings is 1. The fraction of sp³-hybridized carbons (Fsp3) is 0.529. The molecule has 1 atom stereocenters. The first-order chi connectivity index (χ1) is 10.4. The Balaban J connectivity index is 3.07. The van der Waals surface area contributed by atoms with Gasteiger partial charge in [-0.15, -0.1) is 0 Å². The smallest absolute Gasteiger partial charge is 0.412 e. The highest BCUT2D eigenvalue weighted by Crippen LogP contribution is 2.32. The predicted octanol–water partition coefficient (Wildman–Crippen LogP) is 3.81. The molecular weight excluding hydrogens is 298 g/mol. The Labute approximate surface area is 136 Å². The molecule has 0 aliphatic heterocycles. The van der Waals surface area contributed by atoms with E-state index in [4.69, 9.17) is 14.6 Å². The van der Waals surface area contributed by atoms with E-state index in [2.05, 4.69) is 5.32 Å². The maximum absolute atomic E-state index is 12.0. The Bertz CT molecular complexity index is 616. The number of hydrogen-bond acceptors (Lipinski definition) is 4. The predicted molar refractivity (Wildman–Crippen MR) is 88.2 cm³/mol. The van der Waals surface area contributed by atoms with Gasteiger partial charge >= 0.3 is 12.1 Å². The van der Waals surface area contributed by atoms with Crippen molar-refractivity contribution >= 4 is 17.7 Å². The highest BCUT2D eigenvalue weighted by atomic mass is 16.6. The van der Waals surface area contributed by atoms with Crippen LogP contribution in [0.25, 0.3) is 0 Å². The number of carbonyl (C=O) groups is 2. The molecule has 1 rings (SSSR count). The van der Waals surface area contributed by atoms with E-state index in [1.807, 2.05) is 20.8 Å². The molecule has 0 spiro atoms. The zero-order valence-electron chi connectivity index (χ0n) is 14.7. The Morgan fingerprint density at radius 1 is 1.17 bits per heavy atom. The van der Waals surface area contributed by atoms with Crippen LogP contribution in [0.3, 0.4) is 0 Å². The van der Waals surface area contributed by atoms with Gasteiger partial charge in [0.1, 0.15) is 11.4 Å². The van der Waals surface area contributed by atoms with Gasteiger partial charge in [0.2, 0.25) is 0 Å². The van der Waals surface area contributed by atoms with E-state index in [0.29, 0.717) is 11.4 Å². The lowest BCUT2D eigenvalue weighted by Gasteiger charge is -2.22. The summed E-state index contributed by atoms with van der Waals surface area (Å²) in [7, 11) is 0. The Kier molecular flexibility index (Phi) is 5.64. The molecule has 1 aromatic rings. The lowest BCUT2D eigenvalue weighted by Crippen LogP contribution is -2.28. The molecule has 0 heterocycles. The number of aryl methyl sites for hydroxylation is 1. The molecule has 1 unspecified atom stereocenters. The van der Waals surface area contributed by atoms with Crippen LogP contribution in [0.5, 0.6) is 5.75 Å². The number of rotatable bonds is 4. The summed E-state index contributed by atoms with van der Waals surface area (Å²) < 4.78 is 10.7. The number of ether oxygens (including phenoxy) is 2. The highest BCUT2D eigenvalue weighted by Gasteiger charge is 2.20. The molecule has 2 N–H and O–H groups in total. The van der Waals surface area contributed by atoms with E-state index >= 15 is 0 Å². The molecule has 0 radical (unpaired) electrons. The van der Waals surface area contributed by atoms with Gasteiger partial charge in [0.05, 0.1) is 5.69 Å². The fourth-order valence-electron chi connectivity index (χ4n) is 2.01. The van der Waals surface area contributed by atoms with Crippen LogP contribution in [0, 0.1) is 20.8 Å². The number of aliphatic carboxylic acids is 1. The summed E-state index contributed by atoms with van der Waals surface area (Å²) in [6.45, 7) is 12.3. The van der Waals surface area contributed by atoms with Crippen LogP contribution in [0.4, 0.5) is 10.5 Å². The van der Waals surface area contributed by atoms with E-state index in [0.717, 1.165) is 16.7 Å². The second-order valence-electron chi connectivity index (χ2n) is 6.54. The molecule has 0 bridgehead atoms. The largest absolute Gasteiger partial charge is 0.479 e. The lowest BCUT2D eigenvalue weighted by molar-refractivity contribution is -0.144. The maximum atomic E-state index is 12.0. The van der Waals surface area contributed by atoms with Gasteiger partial charge in [-0.3, -0.25) is 5.32 Å². The van der Waals surface area contributed by atoms with E-state index in [1.165, 1.54) is 6.92 Å². The normalized spacial score (nSPS) is 12.5. The summed E-state index contributed by atoms with van der Waals surface area (Å²) >= 11 is 0. The quantitative estimate of drug-likeness (QED) is 0.880. The second-order valence-corrected chi connectivity index (χ2v) is 6.54. The Morgan fingerprint density at radius 3 is 2.22 bits per heavy atom. The number of nitrogens with one attached hydrogen (secondary N) is 1. The van der Waals surface area contributed by atoms with Crippen LogP contribution in [0.1, 0.15) is 44.4 Å². The van der Waals surface area contributed by atoms with Crippen molar-refractivity contribution in [3.05, 3.63) is 22.8 Å². The fourth-order valence-corrected chi connectivity index (χ4v) is 2.01. The first-order valence-corrected chi connectivity index (χ1v) is 7.42. The van der Waals surface area contributed by atoms with Crippen LogP contribution in [0.15, 0.2) is 6.07 Å². The van der Waals surface area contributed by atoms with Crippen molar-refractivity contribution in [1.29, 1.82) is 0 Å². The number of carboxylic acid groups (broad SMARTS) is 1. The van der Waals surface area contributed by atoms with Crippen molar-refractivity contribution in [1.82, 2.24) is 0 Å². The molecule has 128 valence electrons. The second kappa shape index (κ2) is 6.89. The molecule has 0 saturated carbocycles. The van der Waals surface area contributed by atoms with Crippen molar-refractivity contribution < 1.29 is 24.2 Å². The summed E-state index contributed by atoms with van der Waals surface area (Å²) in [4.78, 5) is 22.9. The first kappa shape index (κ1) is 18.8. The molecule has 23 heavy (non-hydrogen) atoms. The van der Waals surface area contributed by atoms with Crippen molar-refractivity contribution in [3.8, 4) is 5.75 Å². The van der Waals surface area contributed by atoms with Crippen LogP contribution in [-0.4, -0.2) is 28.9 Å². The molecule has 0 aliphatic rings. The SMILES string of the molecule is Cc1cc(OC(C)C(=O)O)c(C)c(C)c1NC(=O)OC(C)(C)C. The molecule has 0 aromatic heterocycles. The number of hydrogen-bond donors (Lipinski definition) is 2. The number of carboxylic acids is 1. The topological polar surface area (TPSA) is 84.9 Å². The lowest BCUT2D eigenvalue weighted by atomic mass is 10.0. The molecule has 6 heteroatoms. The summed E-state index contributed by atoms with van der Waals surface area (Å²) in [6.07, 6.45) is -1.48. The van der Waals surface area contributed by atoms with Crippen LogP contribution in [-0.2, 0) is 9.53 Å². The first-order valence-electron chi connectivity index (χ1n) is 7.42. The zero-order valence-corrected chi connectivity index (χ0v) is 14.7. The molecule has 0 saturated heterocycles. The van der Waals surface area contributed by atoms with Crippen molar-refractivity contribution in [2.45, 2.75) is 60.2 Å². The van der Waals surface area contributed by atoms with Gasteiger partial charge in [-0.2, -0.15) is 0 Å². The molecular formula is C17H25NO5. The summed E-state index contributed by atoms with van der Waals surface area (Å²) in [5.74, 6) is -0.541. The Morgan fingerprint density at radius 2 is 1.74 bits per heavy atom. The van der Waals surface area contributed by atoms with Gasteiger partial charge in [-0.1, -0.05) is 0 Å². The number of carbonyl (C=O) groups excluding carboxylic acids is 1. The number of anilines is 1. The van der Waals surface area contributed by atoms with Gasteiger partial charge in [0, 0.05) is 0 Å². The summed E-state index contributed by atoms with van der Waals surface area (Å²) in [5.41, 5.74) is 2.41. The highest BCUT2D eigenvalue weighted by molar-refractivity contribution is 5.88. The minimum Gasteiger partial charge on any atom is -0.479 e. The number of amides is 1. The van der Waals surface area contributed by atoms with Crippen molar-refractivity contribution in [2.75, 3.05) is 5.32 Å². The summed E-state index contributed by atoms with van der Waals surface area (Å²) in [6, 6.07) is 1.72. The van der Waals surface area contributed by atoms with Gasteiger partial charge in [0.25, 0.3) is 0 Å². The minimum absolute atomic E-state index is 0.490. The minimum atomic E-state index is -1.03. The van der Waals surface area contributed by atoms with Crippen molar-refractivity contribution in [3.63, 3.8) is 0 Å². The van der Waals surface area contributed by atoms with Crippen molar-refractivity contribution in [2.24, 2.45) is 0 Å². The Hall–Kier alpha value is -2.24. The van der Waals surface area contributed by atoms with E-state index in [9.17, 15) is 9.59 Å². The van der Waals surface area contributed by atoms with Crippen LogP contribution < -0.4 is 10.1 Å². The molecule has 1 aromatic carbocycles. The van der Waals surface area contributed by atoms with Gasteiger partial charge < -0.3 is 14.6 Å². The standard InChI is InChI=1S/C17H25NO5/c1-9-8-13(22-12(4)15(19)20)10(2)11(3)14(9)18-16(21)23-17(5,6)7/h8,12H,1-7H3,(H,18,21)(H,19,20). The van der Waals surface area contributed by atoms with Crippen LogP contribution in [0.2, 0.25) is 0 Å². The molecule has 6 nitrogen and oxygen atoms in total. The molecule has 0 fully saturated rings. The third-order valence-corrected chi connectivity index (χ3v) is 3.33. The van der Waals surface area contributed by atoms with E-state index in [1.54, 1.807) is 26.8 Å². The molecule has 1 amide bonds. The average Bonchev–Trinajstić information content (AvgIpc) is 2.38.